The van der Waals surface area contributed by atoms with Crippen molar-refractivity contribution in [2.24, 2.45) is 0 Å². The van der Waals surface area contributed by atoms with Crippen molar-refractivity contribution in [2.75, 3.05) is 11.5 Å². The molecule has 0 bridgehead atoms. The van der Waals surface area contributed by atoms with Gasteiger partial charge in [-0.15, -0.1) is 0 Å². The summed E-state index contributed by atoms with van der Waals surface area (Å²) in [7, 11) is -4.21. The normalized spacial score (nSPS) is 15.1. The Morgan fingerprint density at radius 1 is 0.973 bits per heavy atom. The molecular weight excluding hydrogens is 564 g/mol. The zero-order valence-electron chi connectivity index (χ0n) is 19.7. The topological polar surface area (TPSA) is 119 Å². The van der Waals surface area contributed by atoms with Gasteiger partial charge in [-0.3, -0.25) is 14.9 Å². The summed E-state index contributed by atoms with van der Waals surface area (Å²) in [5, 5.41) is 2.14. The molecule has 1 aliphatic heterocycles. The van der Waals surface area contributed by atoms with E-state index in [-0.39, 0.29) is 27.5 Å². The van der Waals surface area contributed by atoms with E-state index in [1.807, 2.05) is 13.8 Å². The van der Waals surface area contributed by atoms with Crippen LogP contribution in [0.5, 0.6) is 11.5 Å². The number of halogens is 1. The molecule has 3 aromatic carbocycles. The van der Waals surface area contributed by atoms with Crippen molar-refractivity contribution >= 4 is 55.7 Å². The van der Waals surface area contributed by atoms with Crippen molar-refractivity contribution in [3.63, 3.8) is 0 Å². The van der Waals surface area contributed by atoms with Gasteiger partial charge in [0.25, 0.3) is 11.8 Å². The summed E-state index contributed by atoms with van der Waals surface area (Å²) in [6, 6.07) is 15.8. The Morgan fingerprint density at radius 3 is 2.30 bits per heavy atom. The number of barbiturate groups is 1. The summed E-state index contributed by atoms with van der Waals surface area (Å²) in [6.45, 7) is 4.09. The fourth-order valence-electron chi connectivity index (χ4n) is 3.48. The van der Waals surface area contributed by atoms with Crippen LogP contribution < -0.4 is 19.1 Å². The lowest BCUT2D eigenvalue weighted by Crippen LogP contribution is -2.54. The molecule has 1 N–H and O–H groups in total. The smallest absolute Gasteiger partial charge is 0.339 e. The van der Waals surface area contributed by atoms with Crippen LogP contribution in [0.25, 0.3) is 6.08 Å². The summed E-state index contributed by atoms with van der Waals surface area (Å²) >= 11 is 3.31. The van der Waals surface area contributed by atoms with Crippen molar-refractivity contribution in [3.05, 3.63) is 87.9 Å². The first kappa shape index (κ1) is 26.1. The molecule has 11 heteroatoms. The molecule has 1 heterocycles. The molecule has 190 valence electrons. The van der Waals surface area contributed by atoms with E-state index in [0.717, 1.165) is 10.5 Å². The van der Waals surface area contributed by atoms with E-state index in [9.17, 15) is 22.8 Å². The number of nitrogens with zero attached hydrogens (tertiary/aromatic N) is 1. The molecule has 0 aliphatic carbocycles. The number of hydrogen-bond donors (Lipinski definition) is 1. The predicted molar refractivity (Wildman–Crippen MR) is 140 cm³/mol. The number of carbonyl (C=O) groups is 3. The Bertz CT molecular complexity index is 1520. The van der Waals surface area contributed by atoms with Gasteiger partial charge in [0.2, 0.25) is 0 Å². The molecule has 0 spiro atoms. The van der Waals surface area contributed by atoms with Crippen molar-refractivity contribution in [1.82, 2.24) is 5.32 Å². The standard InChI is InChI=1S/C26H21BrN2O7S/c1-3-35-20-9-7-19(8-10-20)29-25(31)22(24(30)28-26(29)32)15-17-14-18(27)6-13-23(17)36-37(33,34)21-11-4-16(2)5-12-21/h4-15H,3H2,1-2H3,(H,28,30,32)/b22-15+. The lowest BCUT2D eigenvalue weighted by molar-refractivity contribution is -0.122. The summed E-state index contributed by atoms with van der Waals surface area (Å²) in [4.78, 5) is 39.2. The van der Waals surface area contributed by atoms with Crippen LogP contribution in [-0.2, 0) is 19.7 Å². The van der Waals surface area contributed by atoms with Gasteiger partial charge in [0.1, 0.15) is 22.0 Å². The van der Waals surface area contributed by atoms with Crippen LogP contribution in [0.4, 0.5) is 10.5 Å². The molecular formula is C26H21BrN2O7S. The predicted octanol–water partition coefficient (Wildman–Crippen LogP) is 4.59. The second-order valence-electron chi connectivity index (χ2n) is 7.92. The third-order valence-electron chi connectivity index (χ3n) is 5.29. The monoisotopic (exact) mass is 584 g/mol. The van der Waals surface area contributed by atoms with E-state index in [0.29, 0.717) is 16.8 Å². The van der Waals surface area contributed by atoms with Crippen LogP contribution in [-0.4, -0.2) is 32.9 Å². The van der Waals surface area contributed by atoms with Crippen molar-refractivity contribution in [2.45, 2.75) is 18.7 Å². The number of benzene rings is 3. The summed E-state index contributed by atoms with van der Waals surface area (Å²) in [6.07, 6.45) is 1.18. The largest absolute Gasteiger partial charge is 0.494 e. The van der Waals surface area contributed by atoms with E-state index in [2.05, 4.69) is 21.2 Å². The Labute approximate surface area is 221 Å². The number of aryl methyl sites for hydroxylation is 1. The molecule has 3 aromatic rings. The van der Waals surface area contributed by atoms with Crippen LogP contribution in [0.2, 0.25) is 0 Å². The molecule has 0 aromatic heterocycles. The van der Waals surface area contributed by atoms with Gasteiger partial charge in [-0.2, -0.15) is 8.42 Å². The number of anilines is 1. The van der Waals surface area contributed by atoms with Gasteiger partial charge in [-0.1, -0.05) is 33.6 Å². The van der Waals surface area contributed by atoms with E-state index >= 15 is 0 Å². The van der Waals surface area contributed by atoms with Gasteiger partial charge in [0.15, 0.2) is 0 Å². The molecule has 37 heavy (non-hydrogen) atoms. The third kappa shape index (κ3) is 5.73. The lowest BCUT2D eigenvalue weighted by Gasteiger charge is -2.26. The number of urea groups is 1. The highest BCUT2D eigenvalue weighted by Crippen LogP contribution is 2.30. The molecule has 0 radical (unpaired) electrons. The molecule has 4 rings (SSSR count). The summed E-state index contributed by atoms with van der Waals surface area (Å²) in [5.41, 5.74) is 0.840. The van der Waals surface area contributed by atoms with E-state index in [1.54, 1.807) is 30.3 Å². The second-order valence-corrected chi connectivity index (χ2v) is 10.4. The first-order chi connectivity index (χ1) is 17.6. The number of rotatable bonds is 7. The van der Waals surface area contributed by atoms with E-state index in [1.165, 1.54) is 42.5 Å². The number of amides is 4. The Kier molecular flexibility index (Phi) is 7.46. The average molecular weight is 585 g/mol. The maximum atomic E-state index is 13.3. The van der Waals surface area contributed by atoms with Gasteiger partial charge in [0.05, 0.1) is 12.3 Å². The highest BCUT2D eigenvalue weighted by molar-refractivity contribution is 9.10. The van der Waals surface area contributed by atoms with Crippen LogP contribution in [0, 0.1) is 6.92 Å². The Morgan fingerprint density at radius 2 is 1.65 bits per heavy atom. The van der Waals surface area contributed by atoms with Gasteiger partial charge < -0.3 is 8.92 Å². The minimum absolute atomic E-state index is 0.0571. The number of imide groups is 2. The summed E-state index contributed by atoms with van der Waals surface area (Å²) in [5.74, 6) is -1.37. The van der Waals surface area contributed by atoms with Crippen molar-refractivity contribution in [1.29, 1.82) is 0 Å². The zero-order chi connectivity index (χ0) is 26.7. The molecule has 1 fully saturated rings. The fraction of sp³-hybridized carbons (Fsp3) is 0.115. The van der Waals surface area contributed by atoms with E-state index < -0.39 is 28.0 Å². The molecule has 9 nitrogen and oxygen atoms in total. The molecule has 0 atom stereocenters. The van der Waals surface area contributed by atoms with Gasteiger partial charge in [0, 0.05) is 10.0 Å². The SMILES string of the molecule is CCOc1ccc(N2C(=O)NC(=O)/C(=C\c3cc(Br)ccc3OS(=O)(=O)c3ccc(C)cc3)C2=O)cc1. The zero-order valence-corrected chi connectivity index (χ0v) is 22.1. The fourth-order valence-corrected chi connectivity index (χ4v) is 4.82. The maximum absolute atomic E-state index is 13.3. The average Bonchev–Trinajstić information content (AvgIpc) is 2.84. The van der Waals surface area contributed by atoms with Crippen molar-refractivity contribution in [3.8, 4) is 11.5 Å². The van der Waals surface area contributed by atoms with Crippen LogP contribution in [0.3, 0.4) is 0 Å². The van der Waals surface area contributed by atoms with Gasteiger partial charge >= 0.3 is 16.1 Å². The maximum Gasteiger partial charge on any atom is 0.339 e. The number of hydrogen-bond acceptors (Lipinski definition) is 7. The van der Waals surface area contributed by atoms with E-state index in [4.69, 9.17) is 8.92 Å². The Balaban J connectivity index is 1.71. The highest BCUT2D eigenvalue weighted by Gasteiger charge is 2.37. The second kappa shape index (κ2) is 10.6. The third-order valence-corrected chi connectivity index (χ3v) is 7.03. The number of carbonyl (C=O) groups excluding carboxylic acids is 3. The van der Waals surface area contributed by atoms with Crippen molar-refractivity contribution < 1.29 is 31.7 Å². The molecule has 0 saturated carbocycles. The highest BCUT2D eigenvalue weighted by atomic mass is 79.9. The molecule has 0 unspecified atom stereocenters. The summed E-state index contributed by atoms with van der Waals surface area (Å²) < 4.78 is 37.0. The van der Waals surface area contributed by atoms with Crippen LogP contribution in [0.1, 0.15) is 18.1 Å². The molecule has 1 aliphatic rings. The van der Waals surface area contributed by atoms with Gasteiger partial charge in [-0.25, -0.2) is 9.69 Å². The quantitative estimate of drug-likeness (QED) is 0.245. The minimum atomic E-state index is -4.21. The van der Waals surface area contributed by atoms with Crippen LogP contribution >= 0.6 is 15.9 Å². The first-order valence-electron chi connectivity index (χ1n) is 11.0. The van der Waals surface area contributed by atoms with Crippen LogP contribution in [0.15, 0.2) is 81.7 Å². The minimum Gasteiger partial charge on any atom is -0.494 e. The number of nitrogens with one attached hydrogen (secondary N) is 1. The van der Waals surface area contributed by atoms with Gasteiger partial charge in [-0.05, 0) is 74.5 Å². The lowest BCUT2D eigenvalue weighted by atomic mass is 10.1. The molecule has 4 amide bonds. The first-order valence-corrected chi connectivity index (χ1v) is 13.2. The molecule has 1 saturated heterocycles. The number of ether oxygens (including phenoxy) is 1. The Hall–Kier alpha value is -3.96.